The number of rotatable bonds is 8. The summed E-state index contributed by atoms with van der Waals surface area (Å²) in [7, 11) is 0. The third-order valence-electron chi connectivity index (χ3n) is 2.90. The van der Waals surface area contributed by atoms with Crippen LogP contribution in [0.5, 0.6) is 0 Å². The van der Waals surface area contributed by atoms with Crippen molar-refractivity contribution in [3.05, 3.63) is 29.8 Å². The first-order chi connectivity index (χ1) is 9.11. The summed E-state index contributed by atoms with van der Waals surface area (Å²) < 4.78 is 0. The van der Waals surface area contributed by atoms with Crippen LogP contribution in [0.1, 0.15) is 45.6 Å². The lowest BCUT2D eigenvalue weighted by atomic mass is 10.1. The van der Waals surface area contributed by atoms with Crippen LogP contribution in [0.4, 0.5) is 5.69 Å². The second-order valence-electron chi connectivity index (χ2n) is 5.20. The van der Waals surface area contributed by atoms with Gasteiger partial charge in [-0.1, -0.05) is 25.5 Å². The minimum Gasteiger partial charge on any atom is -0.385 e. The number of hydrogen-bond donors (Lipinski definition) is 2. The highest BCUT2D eigenvalue weighted by molar-refractivity contribution is 5.76. The van der Waals surface area contributed by atoms with Crippen molar-refractivity contribution < 1.29 is 4.79 Å². The molecule has 3 heteroatoms. The molecule has 0 heterocycles. The summed E-state index contributed by atoms with van der Waals surface area (Å²) in [5, 5.41) is 6.15. The Hall–Kier alpha value is -1.51. The Morgan fingerprint density at radius 1 is 1.21 bits per heavy atom. The van der Waals surface area contributed by atoms with Crippen LogP contribution in [0.2, 0.25) is 0 Å². The molecule has 19 heavy (non-hydrogen) atoms. The van der Waals surface area contributed by atoms with Gasteiger partial charge in [0.2, 0.25) is 5.91 Å². The second kappa shape index (κ2) is 8.57. The van der Waals surface area contributed by atoms with Gasteiger partial charge in [-0.2, -0.15) is 0 Å². The first kappa shape index (κ1) is 15.5. The number of carbonyl (C=O) groups excluding carboxylic acids is 1. The van der Waals surface area contributed by atoms with Crippen molar-refractivity contribution in [1.82, 2.24) is 5.32 Å². The van der Waals surface area contributed by atoms with E-state index in [2.05, 4.69) is 41.8 Å². The summed E-state index contributed by atoms with van der Waals surface area (Å²) in [6.45, 7) is 6.83. The number of nitrogens with one attached hydrogen (secondary N) is 2. The lowest BCUT2D eigenvalue weighted by Crippen LogP contribution is -2.31. The molecule has 0 unspecified atom stereocenters. The van der Waals surface area contributed by atoms with E-state index in [0.29, 0.717) is 13.0 Å². The molecule has 0 aliphatic carbocycles. The molecule has 0 fully saturated rings. The molecule has 0 aliphatic rings. The zero-order valence-corrected chi connectivity index (χ0v) is 12.3. The van der Waals surface area contributed by atoms with Crippen LogP contribution >= 0.6 is 0 Å². The smallest absolute Gasteiger partial charge is 0.221 e. The van der Waals surface area contributed by atoms with Gasteiger partial charge in [-0.15, -0.1) is 0 Å². The van der Waals surface area contributed by atoms with Gasteiger partial charge in [0.1, 0.15) is 0 Å². The fourth-order valence-corrected chi connectivity index (χ4v) is 1.88. The van der Waals surface area contributed by atoms with Gasteiger partial charge in [-0.05, 0) is 44.4 Å². The molecule has 0 bridgehead atoms. The number of unbranched alkanes of at least 4 members (excludes halogenated alkanes) is 1. The summed E-state index contributed by atoms with van der Waals surface area (Å²) in [6.07, 6.45) is 4.12. The molecular weight excluding hydrogens is 236 g/mol. The summed E-state index contributed by atoms with van der Waals surface area (Å²) in [5.74, 6) is 0.0991. The molecule has 2 N–H and O–H groups in total. The first-order valence-corrected chi connectivity index (χ1v) is 7.24. The van der Waals surface area contributed by atoms with Crippen LogP contribution in [0.15, 0.2) is 24.3 Å². The second-order valence-corrected chi connectivity index (χ2v) is 5.20. The normalized spacial score (nSPS) is 10.5. The topological polar surface area (TPSA) is 41.1 Å². The molecular formula is C16H26N2O. The summed E-state index contributed by atoms with van der Waals surface area (Å²) >= 11 is 0. The van der Waals surface area contributed by atoms with Gasteiger partial charge in [-0.3, -0.25) is 4.79 Å². The number of amides is 1. The van der Waals surface area contributed by atoms with E-state index in [1.165, 1.54) is 18.4 Å². The number of hydrogen-bond acceptors (Lipinski definition) is 2. The van der Waals surface area contributed by atoms with E-state index in [1.54, 1.807) is 0 Å². The first-order valence-electron chi connectivity index (χ1n) is 7.24. The lowest BCUT2D eigenvalue weighted by molar-refractivity contribution is -0.121. The highest BCUT2D eigenvalue weighted by Gasteiger charge is 2.02. The van der Waals surface area contributed by atoms with Gasteiger partial charge < -0.3 is 10.6 Å². The van der Waals surface area contributed by atoms with Gasteiger partial charge in [0, 0.05) is 24.7 Å². The zero-order valence-electron chi connectivity index (χ0n) is 12.3. The minimum atomic E-state index is 0.0991. The Kier molecular flexibility index (Phi) is 7.01. The van der Waals surface area contributed by atoms with Crippen molar-refractivity contribution in [3.8, 4) is 0 Å². The predicted octanol–water partition coefficient (Wildman–Crippen LogP) is 3.36. The van der Waals surface area contributed by atoms with E-state index < -0.39 is 0 Å². The predicted molar refractivity (Wildman–Crippen MR) is 81.4 cm³/mol. The molecule has 0 aliphatic heterocycles. The van der Waals surface area contributed by atoms with Crippen molar-refractivity contribution >= 4 is 11.6 Å². The van der Waals surface area contributed by atoms with Gasteiger partial charge in [0.15, 0.2) is 0 Å². The van der Waals surface area contributed by atoms with Crippen molar-refractivity contribution in [2.45, 2.75) is 52.5 Å². The molecule has 1 aromatic rings. The van der Waals surface area contributed by atoms with Crippen molar-refractivity contribution in [2.24, 2.45) is 0 Å². The van der Waals surface area contributed by atoms with Crippen LogP contribution in [0, 0.1) is 0 Å². The Bertz CT molecular complexity index is 371. The molecule has 0 atom stereocenters. The summed E-state index contributed by atoms with van der Waals surface area (Å²) in [6, 6.07) is 8.71. The van der Waals surface area contributed by atoms with Crippen molar-refractivity contribution in [1.29, 1.82) is 0 Å². The van der Waals surface area contributed by atoms with E-state index in [0.717, 1.165) is 12.1 Å². The molecule has 0 saturated carbocycles. The molecule has 1 amide bonds. The Labute approximate surface area is 116 Å². The number of carbonyl (C=O) groups is 1. The molecule has 0 spiro atoms. The van der Waals surface area contributed by atoms with E-state index in [-0.39, 0.29) is 11.9 Å². The van der Waals surface area contributed by atoms with Crippen LogP contribution in [0.25, 0.3) is 0 Å². The maximum absolute atomic E-state index is 11.5. The quantitative estimate of drug-likeness (QED) is 0.754. The molecule has 1 rings (SSSR count). The molecule has 0 radical (unpaired) electrons. The van der Waals surface area contributed by atoms with Crippen LogP contribution < -0.4 is 10.6 Å². The molecule has 3 nitrogen and oxygen atoms in total. The monoisotopic (exact) mass is 262 g/mol. The van der Waals surface area contributed by atoms with E-state index >= 15 is 0 Å². The largest absolute Gasteiger partial charge is 0.385 e. The van der Waals surface area contributed by atoms with Gasteiger partial charge >= 0.3 is 0 Å². The maximum atomic E-state index is 11.5. The lowest BCUT2D eigenvalue weighted by Gasteiger charge is -2.10. The average Bonchev–Trinajstić information content (AvgIpc) is 2.37. The fraction of sp³-hybridized carbons (Fsp3) is 0.562. The molecule has 106 valence electrons. The third-order valence-corrected chi connectivity index (χ3v) is 2.90. The SMILES string of the molecule is CCCCc1ccc(NCCC(=O)NC(C)C)cc1. The van der Waals surface area contributed by atoms with Crippen molar-refractivity contribution in [2.75, 3.05) is 11.9 Å². The molecule has 0 saturated heterocycles. The zero-order chi connectivity index (χ0) is 14.1. The van der Waals surface area contributed by atoms with E-state index in [9.17, 15) is 4.79 Å². The van der Waals surface area contributed by atoms with Gasteiger partial charge in [0.25, 0.3) is 0 Å². The maximum Gasteiger partial charge on any atom is 0.221 e. The Morgan fingerprint density at radius 3 is 2.47 bits per heavy atom. The molecule has 1 aromatic carbocycles. The van der Waals surface area contributed by atoms with Crippen molar-refractivity contribution in [3.63, 3.8) is 0 Å². The fourth-order valence-electron chi connectivity index (χ4n) is 1.88. The minimum absolute atomic E-state index is 0.0991. The summed E-state index contributed by atoms with van der Waals surface area (Å²) in [5.41, 5.74) is 2.46. The Morgan fingerprint density at radius 2 is 1.89 bits per heavy atom. The summed E-state index contributed by atoms with van der Waals surface area (Å²) in [4.78, 5) is 11.5. The van der Waals surface area contributed by atoms with Gasteiger partial charge in [0.05, 0.1) is 0 Å². The van der Waals surface area contributed by atoms with E-state index in [1.807, 2.05) is 13.8 Å². The van der Waals surface area contributed by atoms with Crippen LogP contribution in [-0.2, 0) is 11.2 Å². The highest BCUT2D eigenvalue weighted by Crippen LogP contribution is 2.11. The number of benzene rings is 1. The number of anilines is 1. The third kappa shape index (κ3) is 6.85. The molecule has 0 aromatic heterocycles. The van der Waals surface area contributed by atoms with E-state index in [4.69, 9.17) is 0 Å². The Balaban J connectivity index is 2.28. The standard InChI is InChI=1S/C16H26N2O/c1-4-5-6-14-7-9-15(10-8-14)17-12-11-16(19)18-13(2)3/h7-10,13,17H,4-6,11-12H2,1-3H3,(H,18,19). The number of aryl methyl sites for hydroxylation is 1. The average molecular weight is 262 g/mol. The van der Waals surface area contributed by atoms with Crippen LogP contribution in [-0.4, -0.2) is 18.5 Å². The van der Waals surface area contributed by atoms with Gasteiger partial charge in [-0.25, -0.2) is 0 Å². The van der Waals surface area contributed by atoms with Crippen LogP contribution in [0.3, 0.4) is 0 Å². The highest BCUT2D eigenvalue weighted by atomic mass is 16.1.